The monoisotopic (exact) mass is 348 g/mol. The van der Waals surface area contributed by atoms with Gasteiger partial charge < -0.3 is 5.32 Å². The number of anilines is 2. The second kappa shape index (κ2) is 7.09. The van der Waals surface area contributed by atoms with Gasteiger partial charge in [-0.05, 0) is 36.2 Å². The van der Waals surface area contributed by atoms with Crippen LogP contribution in [0.15, 0.2) is 47.1 Å². The third kappa shape index (κ3) is 3.97. The Morgan fingerprint density at radius 1 is 1.27 bits per heavy atom. The maximum Gasteiger partial charge on any atom is 0.210 e. The van der Waals surface area contributed by atoms with Crippen LogP contribution in [0.2, 0.25) is 5.02 Å². The highest BCUT2D eigenvalue weighted by Gasteiger charge is 2.06. The summed E-state index contributed by atoms with van der Waals surface area (Å²) in [5.41, 5.74) is 3.13. The number of hydrogen-bond donors (Lipinski definition) is 1. The predicted molar refractivity (Wildman–Crippen MR) is 93.2 cm³/mol. The Morgan fingerprint density at radius 3 is 2.95 bits per heavy atom. The molecule has 3 rings (SSSR count). The molecule has 1 aromatic carbocycles. The van der Waals surface area contributed by atoms with E-state index in [1.54, 1.807) is 18.0 Å². The Bertz CT molecular complexity index is 761. The summed E-state index contributed by atoms with van der Waals surface area (Å²) in [4.78, 5) is 4.10. The van der Waals surface area contributed by atoms with E-state index in [2.05, 4.69) is 26.6 Å². The van der Waals surface area contributed by atoms with Crippen molar-refractivity contribution >= 4 is 45.5 Å². The van der Waals surface area contributed by atoms with Gasteiger partial charge in [0.1, 0.15) is 0 Å². The minimum Gasteiger partial charge on any atom is -0.330 e. The van der Waals surface area contributed by atoms with Gasteiger partial charge in [-0.15, -0.1) is 10.2 Å². The number of nitrogens with one attached hydrogen (secondary N) is 1. The number of nitrogens with zero attached hydrogens (tertiary/aromatic N) is 3. The summed E-state index contributed by atoms with van der Waals surface area (Å²) in [5.74, 6) is 0.832. The van der Waals surface area contributed by atoms with E-state index in [-0.39, 0.29) is 0 Å². The van der Waals surface area contributed by atoms with Crippen molar-refractivity contribution in [2.24, 2.45) is 0 Å². The molecular weight excluding hydrogens is 336 g/mol. The van der Waals surface area contributed by atoms with Crippen LogP contribution in [0, 0.1) is 6.92 Å². The van der Waals surface area contributed by atoms with Crippen molar-refractivity contribution < 1.29 is 0 Å². The minimum atomic E-state index is 0.737. The summed E-state index contributed by atoms with van der Waals surface area (Å²) >= 11 is 9.29. The average molecular weight is 349 g/mol. The second-order valence-corrected chi connectivity index (χ2v) is 7.22. The van der Waals surface area contributed by atoms with Gasteiger partial charge in [-0.1, -0.05) is 46.8 Å². The molecule has 0 bridgehead atoms. The van der Waals surface area contributed by atoms with Gasteiger partial charge in [-0.3, -0.25) is 4.98 Å². The Balaban J connectivity index is 1.62. The second-order valence-electron chi connectivity index (χ2n) is 4.61. The zero-order valence-electron chi connectivity index (χ0n) is 11.8. The molecule has 1 N–H and O–H groups in total. The van der Waals surface area contributed by atoms with Gasteiger partial charge >= 0.3 is 0 Å². The molecule has 112 valence electrons. The molecule has 2 heterocycles. The van der Waals surface area contributed by atoms with Crippen LogP contribution in [-0.4, -0.2) is 15.2 Å². The van der Waals surface area contributed by atoms with E-state index in [1.165, 1.54) is 16.9 Å². The number of aromatic nitrogens is 3. The molecule has 0 fully saturated rings. The molecule has 3 aromatic rings. The van der Waals surface area contributed by atoms with Gasteiger partial charge in [0.2, 0.25) is 5.13 Å². The molecule has 22 heavy (non-hydrogen) atoms. The van der Waals surface area contributed by atoms with E-state index in [0.29, 0.717) is 0 Å². The fraction of sp³-hybridized carbons (Fsp3) is 0.133. The van der Waals surface area contributed by atoms with Crippen molar-refractivity contribution in [2.75, 3.05) is 5.32 Å². The molecule has 0 saturated heterocycles. The highest BCUT2D eigenvalue weighted by molar-refractivity contribution is 8.00. The third-order valence-electron chi connectivity index (χ3n) is 2.91. The summed E-state index contributed by atoms with van der Waals surface area (Å²) in [5, 5.41) is 13.1. The predicted octanol–water partition coefficient (Wildman–Crippen LogP) is 4.93. The number of hydrogen-bond acceptors (Lipinski definition) is 6. The number of halogens is 1. The van der Waals surface area contributed by atoms with Gasteiger partial charge in [-0.25, -0.2) is 0 Å². The number of rotatable bonds is 5. The van der Waals surface area contributed by atoms with E-state index >= 15 is 0 Å². The molecule has 4 nitrogen and oxygen atoms in total. The fourth-order valence-corrected chi connectivity index (χ4v) is 3.63. The SMILES string of the molecule is Cc1ccc(Nc2nnc(SCc3cccnc3)s2)cc1Cl. The summed E-state index contributed by atoms with van der Waals surface area (Å²) in [6, 6.07) is 9.83. The molecule has 0 aliphatic carbocycles. The van der Waals surface area contributed by atoms with E-state index in [9.17, 15) is 0 Å². The number of thioether (sulfide) groups is 1. The molecule has 0 spiro atoms. The lowest BCUT2D eigenvalue weighted by molar-refractivity contribution is 1.01. The average Bonchev–Trinajstić information content (AvgIpc) is 2.97. The molecule has 0 radical (unpaired) electrons. The molecular formula is C15H13ClN4S2. The smallest absolute Gasteiger partial charge is 0.210 e. The first kappa shape index (κ1) is 15.3. The molecule has 0 atom stereocenters. The quantitative estimate of drug-likeness (QED) is 0.662. The highest BCUT2D eigenvalue weighted by atomic mass is 35.5. The zero-order chi connectivity index (χ0) is 15.4. The first-order valence-corrected chi connectivity index (χ1v) is 8.77. The van der Waals surface area contributed by atoms with Crippen LogP contribution in [0.1, 0.15) is 11.1 Å². The maximum atomic E-state index is 6.12. The number of benzene rings is 1. The lowest BCUT2D eigenvalue weighted by atomic mass is 10.2. The Kier molecular flexibility index (Phi) is 4.92. The van der Waals surface area contributed by atoms with Crippen molar-refractivity contribution in [1.29, 1.82) is 0 Å². The Labute approximate surface area is 142 Å². The van der Waals surface area contributed by atoms with Crippen LogP contribution in [-0.2, 0) is 5.75 Å². The zero-order valence-corrected chi connectivity index (χ0v) is 14.2. The Hall–Kier alpha value is -1.63. The molecule has 0 saturated carbocycles. The molecule has 2 aromatic heterocycles. The van der Waals surface area contributed by atoms with Crippen molar-refractivity contribution in [2.45, 2.75) is 17.0 Å². The Morgan fingerprint density at radius 2 is 2.18 bits per heavy atom. The van der Waals surface area contributed by atoms with E-state index in [1.807, 2.05) is 37.4 Å². The van der Waals surface area contributed by atoms with Crippen molar-refractivity contribution in [3.63, 3.8) is 0 Å². The largest absolute Gasteiger partial charge is 0.330 e. The summed E-state index contributed by atoms with van der Waals surface area (Å²) in [6.45, 7) is 1.98. The van der Waals surface area contributed by atoms with E-state index in [0.717, 1.165) is 31.5 Å². The van der Waals surface area contributed by atoms with Crippen molar-refractivity contribution in [3.05, 3.63) is 58.9 Å². The van der Waals surface area contributed by atoms with E-state index in [4.69, 9.17) is 11.6 Å². The van der Waals surface area contributed by atoms with Gasteiger partial charge in [0.05, 0.1) is 0 Å². The summed E-state index contributed by atoms with van der Waals surface area (Å²) < 4.78 is 0.921. The topological polar surface area (TPSA) is 50.7 Å². The van der Waals surface area contributed by atoms with Gasteiger partial charge in [0.25, 0.3) is 0 Å². The van der Waals surface area contributed by atoms with Crippen LogP contribution >= 0.6 is 34.7 Å². The maximum absolute atomic E-state index is 6.12. The third-order valence-corrected chi connectivity index (χ3v) is 5.37. The fourth-order valence-electron chi connectivity index (χ4n) is 1.74. The van der Waals surface area contributed by atoms with Crippen LogP contribution in [0.3, 0.4) is 0 Å². The molecule has 0 amide bonds. The first-order valence-electron chi connectivity index (χ1n) is 6.59. The van der Waals surface area contributed by atoms with Crippen molar-refractivity contribution in [1.82, 2.24) is 15.2 Å². The molecule has 0 aliphatic rings. The standard InChI is InChI=1S/C15H13ClN4S2/c1-10-4-5-12(7-13(10)16)18-14-19-20-15(22-14)21-9-11-3-2-6-17-8-11/h2-8H,9H2,1H3,(H,18,19). The van der Waals surface area contributed by atoms with E-state index < -0.39 is 0 Å². The summed E-state index contributed by atoms with van der Waals surface area (Å²) in [6.07, 6.45) is 3.63. The molecule has 7 heteroatoms. The molecule has 0 aliphatic heterocycles. The van der Waals surface area contributed by atoms with Gasteiger partial charge in [0, 0.05) is 28.9 Å². The van der Waals surface area contributed by atoms with Gasteiger partial charge in [0.15, 0.2) is 4.34 Å². The summed E-state index contributed by atoms with van der Waals surface area (Å²) in [7, 11) is 0. The van der Waals surface area contributed by atoms with Crippen LogP contribution in [0.4, 0.5) is 10.8 Å². The van der Waals surface area contributed by atoms with Crippen LogP contribution in [0.25, 0.3) is 0 Å². The van der Waals surface area contributed by atoms with Crippen LogP contribution in [0.5, 0.6) is 0 Å². The lowest BCUT2D eigenvalue weighted by Crippen LogP contribution is -1.89. The normalized spacial score (nSPS) is 10.6. The number of pyridine rings is 1. The highest BCUT2D eigenvalue weighted by Crippen LogP contribution is 2.30. The lowest BCUT2D eigenvalue weighted by Gasteiger charge is -2.03. The van der Waals surface area contributed by atoms with Crippen LogP contribution < -0.4 is 5.32 Å². The minimum absolute atomic E-state index is 0.737. The number of aryl methyl sites for hydroxylation is 1. The van der Waals surface area contributed by atoms with Crippen molar-refractivity contribution in [3.8, 4) is 0 Å². The van der Waals surface area contributed by atoms with Gasteiger partial charge in [-0.2, -0.15) is 0 Å². The first-order chi connectivity index (χ1) is 10.7. The molecule has 0 unspecified atom stereocenters.